The van der Waals surface area contributed by atoms with Gasteiger partial charge in [-0.15, -0.1) is 28.0 Å². The Labute approximate surface area is 498 Å². The summed E-state index contributed by atoms with van der Waals surface area (Å²) in [6.45, 7) is 14.7. The lowest BCUT2D eigenvalue weighted by molar-refractivity contribution is -0.154. The molecule has 6 atom stereocenters. The summed E-state index contributed by atoms with van der Waals surface area (Å²) < 4.78 is 35.1. The standard InChI is InChI=1S/C60H77ClN10O12S/c1-38(40-11-15-42(16-12-40)54-39(2)64-37-84-54)65-57(75)49-31-45(72)36-70(49)58(76)55(60(3,4)5)62-19-21-79-23-25-81-27-29-83-30-28-82-26-24-80-22-20-69-35-44(67-68-69)34-63-56(74)43-17-13-41(14-18-43)53-52-47(46-9-7-8-10-48(46)66-52)32-50(59(77)78-6)71(53)51(73)33-61/h7-18,35,37-38,45,49-50,53,55,62,66,72H,19-34,36H2,1-6H3,(H,63,74)(H,65,75)/t38-,45+,49-,50+,53-,55+/m0/s1. The average molecular weight is 1200 g/mol. The number of nitrogens with zero attached hydrogens (tertiary/aromatic N) is 6. The van der Waals surface area contributed by atoms with Gasteiger partial charge in [0.1, 0.15) is 23.7 Å². The van der Waals surface area contributed by atoms with E-state index in [1.807, 2.05) is 88.7 Å². The SMILES string of the molecule is COC(=O)[C@H]1Cc2c([nH]c3ccccc23)[C@H](c2ccc(C(=O)NCc3cn(CCOCCOCCOCCOCCOCCN[C@H](C(=O)N4C[C@H](O)C[C@H]4C(=O)N[C@@H](C)c4ccc(-c5scnc5C)cc4)C(C)(C)C)nn3)cc2)N1C(=O)CCl. The van der Waals surface area contributed by atoms with Crippen LogP contribution < -0.4 is 16.0 Å². The van der Waals surface area contributed by atoms with E-state index in [0.717, 1.165) is 43.9 Å². The van der Waals surface area contributed by atoms with Crippen LogP contribution >= 0.6 is 22.9 Å². The number of aryl methyl sites for hydroxylation is 1. The van der Waals surface area contributed by atoms with E-state index in [-0.39, 0.29) is 55.6 Å². The number of carbonyl (C=O) groups excluding carboxylic acids is 5. The number of carbonyl (C=O) groups is 5. The van der Waals surface area contributed by atoms with E-state index in [2.05, 4.69) is 36.2 Å². The number of β-amino-alcohol motifs (C(OH)–C–C–N with tert-alkyl or cyclic N) is 1. The maximum absolute atomic E-state index is 14.0. The van der Waals surface area contributed by atoms with Crippen LogP contribution in [-0.4, -0.2) is 186 Å². The number of hydrogen-bond acceptors (Lipinski definition) is 17. The summed E-state index contributed by atoms with van der Waals surface area (Å²) in [5, 5.41) is 29.2. The van der Waals surface area contributed by atoms with Crippen LogP contribution in [0.1, 0.15) is 90.3 Å². The van der Waals surface area contributed by atoms with E-state index in [9.17, 15) is 29.1 Å². The highest BCUT2D eigenvalue weighted by atomic mass is 35.5. The van der Waals surface area contributed by atoms with E-state index in [1.54, 1.807) is 46.5 Å². The zero-order valence-electron chi connectivity index (χ0n) is 48.5. The van der Waals surface area contributed by atoms with E-state index in [0.29, 0.717) is 96.0 Å². The molecule has 2 aliphatic heterocycles. The van der Waals surface area contributed by atoms with Gasteiger partial charge in [0, 0.05) is 48.1 Å². The molecule has 0 bridgehead atoms. The van der Waals surface area contributed by atoms with Crippen molar-refractivity contribution in [3.8, 4) is 10.4 Å². The van der Waals surface area contributed by atoms with Gasteiger partial charge in [-0.05, 0) is 59.7 Å². The van der Waals surface area contributed by atoms with Crippen molar-refractivity contribution >= 4 is 63.4 Å². The van der Waals surface area contributed by atoms with Crippen molar-refractivity contribution < 1.29 is 57.5 Å². The first kappa shape index (κ1) is 63.4. The first-order valence-corrected chi connectivity index (χ1v) is 29.7. The van der Waals surface area contributed by atoms with E-state index < -0.39 is 47.6 Å². The van der Waals surface area contributed by atoms with Crippen molar-refractivity contribution in [3.05, 3.63) is 124 Å². The number of benzene rings is 3. The number of aromatic amines is 1. The number of thiazole rings is 1. The van der Waals surface area contributed by atoms with Gasteiger partial charge in [-0.3, -0.25) is 19.2 Å². The number of aromatic nitrogens is 5. The van der Waals surface area contributed by atoms with Crippen LogP contribution in [0.25, 0.3) is 21.3 Å². The molecule has 8 rings (SSSR count). The molecule has 5 heterocycles. The molecular formula is C60H77ClN10O12S. The Morgan fingerprint density at radius 3 is 2.14 bits per heavy atom. The highest BCUT2D eigenvalue weighted by Crippen LogP contribution is 2.41. The van der Waals surface area contributed by atoms with E-state index >= 15 is 0 Å². The van der Waals surface area contributed by atoms with Crippen LogP contribution in [0.3, 0.4) is 0 Å². The molecule has 22 nitrogen and oxygen atoms in total. The second kappa shape index (κ2) is 30.4. The number of methoxy groups -OCH3 is 1. The van der Waals surface area contributed by atoms with Crippen LogP contribution in [0.5, 0.6) is 0 Å². The number of amides is 4. The molecule has 4 amide bonds. The topological polar surface area (TPSA) is 263 Å². The predicted molar refractivity (Wildman–Crippen MR) is 315 cm³/mol. The quantitative estimate of drug-likeness (QED) is 0.0218. The molecule has 452 valence electrons. The number of rotatable bonds is 30. The van der Waals surface area contributed by atoms with Crippen molar-refractivity contribution in [2.45, 2.75) is 96.9 Å². The largest absolute Gasteiger partial charge is 0.467 e. The number of ether oxygens (including phenoxy) is 6. The summed E-state index contributed by atoms with van der Waals surface area (Å²) in [6.07, 6.45) is 1.36. The predicted octanol–water partition coefficient (Wildman–Crippen LogP) is 5.30. The molecule has 0 unspecified atom stereocenters. The second-order valence-electron chi connectivity index (χ2n) is 21.8. The van der Waals surface area contributed by atoms with E-state index in [1.165, 1.54) is 16.9 Å². The number of nitrogens with one attached hydrogen (secondary N) is 4. The molecule has 3 aromatic carbocycles. The first-order chi connectivity index (χ1) is 40.6. The number of halogens is 1. The second-order valence-corrected chi connectivity index (χ2v) is 22.9. The highest BCUT2D eigenvalue weighted by molar-refractivity contribution is 7.13. The third-order valence-corrected chi connectivity index (χ3v) is 16.0. The fraction of sp³-hybridized carbons (Fsp3) is 0.500. The number of esters is 1. The molecular weight excluding hydrogens is 1120 g/mol. The van der Waals surface area contributed by atoms with Crippen LogP contribution in [-0.2, 0) is 67.1 Å². The summed E-state index contributed by atoms with van der Waals surface area (Å²) in [4.78, 5) is 79.3. The molecule has 5 N–H and O–H groups in total. The average Bonchev–Trinajstić information content (AvgIpc) is 1.75. The summed E-state index contributed by atoms with van der Waals surface area (Å²) in [5.74, 6) is -2.15. The van der Waals surface area contributed by atoms with Gasteiger partial charge in [0.2, 0.25) is 17.7 Å². The van der Waals surface area contributed by atoms with Gasteiger partial charge in [0.15, 0.2) is 0 Å². The van der Waals surface area contributed by atoms with Crippen LogP contribution in [0.15, 0.2) is 84.5 Å². The summed E-state index contributed by atoms with van der Waals surface area (Å²) in [7, 11) is 1.30. The zero-order chi connectivity index (χ0) is 59.8. The van der Waals surface area contributed by atoms with Crippen LogP contribution in [0, 0.1) is 12.3 Å². The number of aliphatic hydroxyl groups is 1. The Bertz CT molecular complexity index is 3130. The van der Waals surface area contributed by atoms with Gasteiger partial charge in [-0.25, -0.2) is 14.5 Å². The maximum atomic E-state index is 14.0. The number of likely N-dealkylation sites (tertiary alicyclic amines) is 1. The number of alkyl halides is 1. The minimum absolute atomic E-state index is 0.0802. The molecule has 0 spiro atoms. The lowest BCUT2D eigenvalue weighted by Gasteiger charge is -2.40. The number of aliphatic hydroxyl groups excluding tert-OH is 1. The van der Waals surface area contributed by atoms with Crippen LogP contribution in [0.2, 0.25) is 0 Å². The van der Waals surface area contributed by atoms with Crippen molar-refractivity contribution in [1.29, 1.82) is 0 Å². The third kappa shape index (κ3) is 16.4. The molecule has 3 aromatic heterocycles. The van der Waals surface area contributed by atoms with Crippen molar-refractivity contribution in [3.63, 3.8) is 0 Å². The fourth-order valence-electron chi connectivity index (χ4n) is 10.5. The van der Waals surface area contributed by atoms with Gasteiger partial charge in [-0.2, -0.15) is 0 Å². The Hall–Kier alpha value is -6.67. The van der Waals surface area contributed by atoms with Crippen molar-refractivity contribution in [2.75, 3.05) is 92.1 Å². The monoisotopic (exact) mass is 1200 g/mol. The molecule has 24 heteroatoms. The maximum Gasteiger partial charge on any atom is 0.328 e. The smallest absolute Gasteiger partial charge is 0.328 e. The van der Waals surface area contributed by atoms with Gasteiger partial charge in [-0.1, -0.05) is 80.6 Å². The first-order valence-electron chi connectivity index (χ1n) is 28.3. The Morgan fingerprint density at radius 2 is 1.51 bits per heavy atom. The van der Waals surface area contributed by atoms with Gasteiger partial charge < -0.3 is 64.3 Å². The number of hydrogen-bond donors (Lipinski definition) is 5. The normalized spacial score (nSPS) is 17.7. The molecule has 2 aliphatic rings. The molecule has 0 saturated carbocycles. The molecule has 84 heavy (non-hydrogen) atoms. The van der Waals surface area contributed by atoms with Crippen molar-refractivity contribution in [1.82, 2.24) is 50.7 Å². The van der Waals surface area contributed by atoms with E-state index in [4.69, 9.17) is 40.0 Å². The fourth-order valence-corrected chi connectivity index (χ4v) is 11.4. The molecule has 0 radical (unpaired) electrons. The lowest BCUT2D eigenvalue weighted by Crippen LogP contribution is -2.57. The van der Waals surface area contributed by atoms with Crippen molar-refractivity contribution in [2.24, 2.45) is 5.41 Å². The molecule has 1 saturated heterocycles. The Balaban J connectivity index is 0.644. The van der Waals surface area contributed by atoms with Gasteiger partial charge in [0.25, 0.3) is 5.91 Å². The zero-order valence-corrected chi connectivity index (χ0v) is 50.0. The Kier molecular flexibility index (Phi) is 22.9. The van der Waals surface area contributed by atoms with Gasteiger partial charge >= 0.3 is 5.97 Å². The summed E-state index contributed by atoms with van der Waals surface area (Å²) >= 11 is 7.68. The minimum Gasteiger partial charge on any atom is -0.467 e. The number of para-hydroxylation sites is 1. The van der Waals surface area contributed by atoms with Crippen LogP contribution in [0.4, 0.5) is 0 Å². The summed E-state index contributed by atoms with van der Waals surface area (Å²) in [5.41, 5.74) is 8.53. The number of H-pyrrole nitrogens is 1. The minimum atomic E-state index is -0.893. The lowest BCUT2D eigenvalue weighted by atomic mass is 9.85. The molecule has 0 aliphatic carbocycles. The third-order valence-electron chi connectivity index (χ3n) is 14.8. The highest BCUT2D eigenvalue weighted by Gasteiger charge is 2.45. The van der Waals surface area contributed by atoms with Gasteiger partial charge in [0.05, 0.1) is 133 Å². The molecule has 1 fully saturated rings. The molecule has 6 aromatic rings. The Morgan fingerprint density at radius 1 is 0.857 bits per heavy atom. The summed E-state index contributed by atoms with van der Waals surface area (Å²) in [6, 6.07) is 19.4. The number of fused-ring (bicyclic) bond motifs is 3.